The molecular weight excluding hydrogens is 423 g/mol. The van der Waals surface area contributed by atoms with Gasteiger partial charge in [-0.05, 0) is 24.6 Å². The minimum atomic E-state index is -0.456. The Morgan fingerprint density at radius 1 is 1.16 bits per heavy atom. The summed E-state index contributed by atoms with van der Waals surface area (Å²) in [5.74, 6) is -0.0884. The highest BCUT2D eigenvalue weighted by atomic mass is 35.5. The monoisotopic (exact) mass is 444 g/mol. The Balaban J connectivity index is 1.34. The predicted molar refractivity (Wildman–Crippen MR) is 116 cm³/mol. The van der Waals surface area contributed by atoms with Crippen LogP contribution in [0, 0.1) is 12.7 Å². The first-order chi connectivity index (χ1) is 14.9. The highest BCUT2D eigenvalue weighted by molar-refractivity contribution is 6.32. The van der Waals surface area contributed by atoms with E-state index in [1.807, 2.05) is 6.07 Å². The second-order valence-electron chi connectivity index (χ2n) is 7.56. The summed E-state index contributed by atoms with van der Waals surface area (Å²) in [4.78, 5) is 28.0. The predicted octanol–water partition coefficient (Wildman–Crippen LogP) is 3.62. The number of amides is 1. The van der Waals surface area contributed by atoms with Crippen LogP contribution in [0.1, 0.15) is 11.1 Å². The van der Waals surface area contributed by atoms with Gasteiger partial charge in [0.1, 0.15) is 17.1 Å². The van der Waals surface area contributed by atoms with Crippen molar-refractivity contribution in [2.45, 2.75) is 13.5 Å². The number of carbonyl (C=O) groups excluding carboxylic acids is 1. The van der Waals surface area contributed by atoms with E-state index in [1.165, 1.54) is 18.2 Å². The van der Waals surface area contributed by atoms with Crippen LogP contribution in [0.5, 0.6) is 5.75 Å². The normalized spacial score (nSPS) is 14.7. The van der Waals surface area contributed by atoms with Gasteiger partial charge < -0.3 is 14.1 Å². The number of nitrogens with zero attached hydrogens (tertiary/aromatic N) is 2. The van der Waals surface area contributed by atoms with Crippen LogP contribution >= 0.6 is 11.6 Å². The summed E-state index contributed by atoms with van der Waals surface area (Å²) >= 11 is 6.29. The van der Waals surface area contributed by atoms with Crippen LogP contribution in [-0.2, 0) is 11.3 Å². The lowest BCUT2D eigenvalue weighted by atomic mass is 10.1. The minimum Gasteiger partial charge on any atom is -0.482 e. The van der Waals surface area contributed by atoms with Crippen LogP contribution in [0.2, 0.25) is 5.02 Å². The van der Waals surface area contributed by atoms with E-state index in [4.69, 9.17) is 20.8 Å². The fourth-order valence-electron chi connectivity index (χ4n) is 3.68. The Morgan fingerprint density at radius 3 is 2.65 bits per heavy atom. The average molecular weight is 445 g/mol. The van der Waals surface area contributed by atoms with E-state index < -0.39 is 5.63 Å². The molecule has 1 aliphatic heterocycles. The van der Waals surface area contributed by atoms with Crippen molar-refractivity contribution < 1.29 is 18.3 Å². The number of carbonyl (C=O) groups is 1. The van der Waals surface area contributed by atoms with Gasteiger partial charge in [0.2, 0.25) is 0 Å². The van der Waals surface area contributed by atoms with E-state index >= 15 is 0 Å². The van der Waals surface area contributed by atoms with Crippen molar-refractivity contribution in [1.82, 2.24) is 9.80 Å². The zero-order valence-electron chi connectivity index (χ0n) is 17.1. The van der Waals surface area contributed by atoms with E-state index in [1.54, 1.807) is 30.0 Å². The minimum absolute atomic E-state index is 0.160. The van der Waals surface area contributed by atoms with Crippen LogP contribution in [0.4, 0.5) is 4.39 Å². The molecule has 2 aromatic carbocycles. The second-order valence-corrected chi connectivity index (χ2v) is 7.97. The van der Waals surface area contributed by atoms with Gasteiger partial charge in [-0.15, -0.1) is 0 Å². The SMILES string of the molecule is Cc1cc(=O)oc2cc(OCC(=O)N3CCN(Cc4ccccc4F)CC3)c(Cl)cc12. The molecule has 1 fully saturated rings. The Bertz CT molecular complexity index is 1170. The lowest BCUT2D eigenvalue weighted by molar-refractivity contribution is -0.135. The second kappa shape index (κ2) is 9.08. The molecule has 0 saturated carbocycles. The zero-order chi connectivity index (χ0) is 22.0. The summed E-state index contributed by atoms with van der Waals surface area (Å²) in [6.45, 7) is 4.53. The smallest absolute Gasteiger partial charge is 0.336 e. The summed E-state index contributed by atoms with van der Waals surface area (Å²) in [7, 11) is 0. The summed E-state index contributed by atoms with van der Waals surface area (Å²) in [6, 6.07) is 11.3. The number of piperazine rings is 1. The Hall–Kier alpha value is -2.90. The number of hydrogen-bond acceptors (Lipinski definition) is 5. The Labute approximate surface area is 183 Å². The molecule has 2 heterocycles. The molecule has 0 bridgehead atoms. The topological polar surface area (TPSA) is 63.0 Å². The number of ether oxygens (including phenoxy) is 1. The molecule has 162 valence electrons. The van der Waals surface area contributed by atoms with E-state index in [0.29, 0.717) is 54.3 Å². The highest BCUT2D eigenvalue weighted by Crippen LogP contribution is 2.31. The number of benzene rings is 2. The summed E-state index contributed by atoms with van der Waals surface area (Å²) in [5.41, 5.74) is 1.31. The van der Waals surface area contributed by atoms with Gasteiger partial charge in [0.25, 0.3) is 5.91 Å². The van der Waals surface area contributed by atoms with Crippen molar-refractivity contribution in [2.75, 3.05) is 32.8 Å². The maximum Gasteiger partial charge on any atom is 0.336 e. The van der Waals surface area contributed by atoms with Crippen LogP contribution in [-0.4, -0.2) is 48.5 Å². The van der Waals surface area contributed by atoms with E-state index in [-0.39, 0.29) is 24.1 Å². The third-order valence-electron chi connectivity index (χ3n) is 5.43. The van der Waals surface area contributed by atoms with Gasteiger partial charge in [0, 0.05) is 55.8 Å². The standard InChI is InChI=1S/C23H22ClFN2O4/c1-15-10-23(29)31-20-12-21(18(24)11-17(15)20)30-14-22(28)27-8-6-26(7-9-27)13-16-4-2-3-5-19(16)25/h2-5,10-12H,6-9,13-14H2,1H3. The van der Waals surface area contributed by atoms with Crippen LogP contribution in [0.15, 0.2) is 51.7 Å². The fraction of sp³-hybridized carbons (Fsp3) is 0.304. The number of halogens is 2. The summed E-state index contributed by atoms with van der Waals surface area (Å²) < 4.78 is 24.7. The van der Waals surface area contributed by atoms with Crippen molar-refractivity contribution in [1.29, 1.82) is 0 Å². The molecule has 1 saturated heterocycles. The molecule has 0 aliphatic carbocycles. The van der Waals surface area contributed by atoms with E-state index in [9.17, 15) is 14.0 Å². The molecule has 0 N–H and O–H groups in total. The molecule has 0 atom stereocenters. The van der Waals surface area contributed by atoms with Gasteiger partial charge in [-0.25, -0.2) is 9.18 Å². The van der Waals surface area contributed by atoms with Gasteiger partial charge in [0.05, 0.1) is 5.02 Å². The first-order valence-corrected chi connectivity index (χ1v) is 10.4. The molecule has 31 heavy (non-hydrogen) atoms. The molecule has 0 unspecified atom stereocenters. The van der Waals surface area contributed by atoms with Crippen molar-refractivity contribution >= 4 is 28.5 Å². The third-order valence-corrected chi connectivity index (χ3v) is 5.73. The number of fused-ring (bicyclic) bond motifs is 1. The van der Waals surface area contributed by atoms with Crippen molar-refractivity contribution in [3.8, 4) is 5.75 Å². The molecule has 1 amide bonds. The molecule has 4 rings (SSSR count). The van der Waals surface area contributed by atoms with Gasteiger partial charge in [-0.2, -0.15) is 0 Å². The van der Waals surface area contributed by atoms with Gasteiger partial charge in [-0.3, -0.25) is 9.69 Å². The largest absolute Gasteiger partial charge is 0.482 e. The van der Waals surface area contributed by atoms with E-state index in [2.05, 4.69) is 4.90 Å². The Kier molecular flexibility index (Phi) is 6.25. The first kappa shape index (κ1) is 21.3. The zero-order valence-corrected chi connectivity index (χ0v) is 17.8. The first-order valence-electron chi connectivity index (χ1n) is 10.0. The number of rotatable bonds is 5. The number of hydrogen-bond donors (Lipinski definition) is 0. The Morgan fingerprint density at radius 2 is 1.90 bits per heavy atom. The highest BCUT2D eigenvalue weighted by Gasteiger charge is 2.22. The van der Waals surface area contributed by atoms with Crippen molar-refractivity contribution in [3.63, 3.8) is 0 Å². The van der Waals surface area contributed by atoms with Crippen molar-refractivity contribution in [3.05, 3.63) is 74.9 Å². The number of aryl methyl sites for hydroxylation is 1. The molecule has 8 heteroatoms. The van der Waals surface area contributed by atoms with Crippen LogP contribution in [0.25, 0.3) is 11.0 Å². The molecule has 0 spiro atoms. The van der Waals surface area contributed by atoms with Crippen LogP contribution in [0.3, 0.4) is 0 Å². The van der Waals surface area contributed by atoms with E-state index in [0.717, 1.165) is 5.56 Å². The van der Waals surface area contributed by atoms with Crippen LogP contribution < -0.4 is 10.4 Å². The van der Waals surface area contributed by atoms with Gasteiger partial charge >= 0.3 is 5.63 Å². The lowest BCUT2D eigenvalue weighted by Crippen LogP contribution is -2.49. The summed E-state index contributed by atoms with van der Waals surface area (Å²) in [6.07, 6.45) is 0. The molecular formula is C23H22ClFN2O4. The average Bonchev–Trinajstić information content (AvgIpc) is 2.75. The molecule has 1 aromatic heterocycles. The maximum absolute atomic E-state index is 13.8. The fourth-order valence-corrected chi connectivity index (χ4v) is 3.90. The quantitative estimate of drug-likeness (QED) is 0.562. The molecule has 6 nitrogen and oxygen atoms in total. The van der Waals surface area contributed by atoms with Gasteiger partial charge in [0.15, 0.2) is 6.61 Å². The maximum atomic E-state index is 13.8. The summed E-state index contributed by atoms with van der Waals surface area (Å²) in [5, 5.41) is 1.06. The molecule has 1 aliphatic rings. The lowest BCUT2D eigenvalue weighted by Gasteiger charge is -2.34. The molecule has 3 aromatic rings. The molecule has 0 radical (unpaired) electrons. The third kappa shape index (κ3) is 4.89. The van der Waals surface area contributed by atoms with Gasteiger partial charge in [-0.1, -0.05) is 29.8 Å². The van der Waals surface area contributed by atoms with Crippen molar-refractivity contribution in [2.24, 2.45) is 0 Å².